The highest BCUT2D eigenvalue weighted by molar-refractivity contribution is 8.03. The van der Waals surface area contributed by atoms with Crippen LogP contribution in [0.3, 0.4) is 0 Å². The van der Waals surface area contributed by atoms with Crippen LogP contribution in [0.25, 0.3) is 0 Å². The van der Waals surface area contributed by atoms with Gasteiger partial charge in [-0.25, -0.2) is 8.42 Å². The summed E-state index contributed by atoms with van der Waals surface area (Å²) in [5.74, 6) is 1.67. The van der Waals surface area contributed by atoms with Crippen molar-refractivity contribution in [3.63, 3.8) is 0 Å². The summed E-state index contributed by atoms with van der Waals surface area (Å²) >= 11 is 4.55. The predicted octanol–water partition coefficient (Wildman–Crippen LogP) is 3.40. The lowest BCUT2D eigenvalue weighted by molar-refractivity contribution is 0.102. The molecule has 1 aliphatic rings. The van der Waals surface area contributed by atoms with E-state index in [0.29, 0.717) is 17.7 Å². The number of aryl methyl sites for hydroxylation is 1. The normalized spacial score (nSPS) is 19.1. The minimum absolute atomic E-state index is 0.0371. The van der Waals surface area contributed by atoms with E-state index >= 15 is 0 Å². The Morgan fingerprint density at radius 3 is 2.62 bits per heavy atom. The Labute approximate surface area is 166 Å². The van der Waals surface area contributed by atoms with Crippen molar-refractivity contribution in [2.75, 3.05) is 23.0 Å². The van der Waals surface area contributed by atoms with Crippen molar-refractivity contribution in [1.29, 1.82) is 0 Å². The van der Waals surface area contributed by atoms with Crippen LogP contribution in [0.1, 0.15) is 41.1 Å². The van der Waals surface area contributed by atoms with Crippen molar-refractivity contribution in [2.24, 2.45) is 0 Å². The van der Waals surface area contributed by atoms with Crippen molar-refractivity contribution in [1.82, 2.24) is 14.8 Å². The van der Waals surface area contributed by atoms with Crippen molar-refractivity contribution in [3.8, 4) is 0 Å². The van der Waals surface area contributed by atoms with Crippen LogP contribution in [0.2, 0.25) is 0 Å². The number of carbonyl (C=O) groups excluding carboxylic acids is 1. The quantitative estimate of drug-likeness (QED) is 0.491. The Bertz CT molecular complexity index is 917. The van der Waals surface area contributed by atoms with Crippen LogP contribution in [0.5, 0.6) is 0 Å². The fourth-order valence-corrected chi connectivity index (χ4v) is 7.74. The molecule has 2 aromatic heterocycles. The fraction of sp³-hybridized carbons (Fsp3) is 0.562. The Morgan fingerprint density at radius 1 is 1.31 bits per heavy atom. The molecule has 1 aliphatic heterocycles. The third kappa shape index (κ3) is 4.35. The second-order valence-corrected chi connectivity index (χ2v) is 12.1. The van der Waals surface area contributed by atoms with Crippen LogP contribution in [0.15, 0.2) is 14.7 Å². The van der Waals surface area contributed by atoms with Gasteiger partial charge in [-0.15, -0.1) is 10.2 Å². The fourth-order valence-electron chi connectivity index (χ4n) is 3.24. The summed E-state index contributed by atoms with van der Waals surface area (Å²) in [6, 6.07) is 1.81. The average Bonchev–Trinajstić information content (AvgIpc) is 3.24. The Kier molecular flexibility index (Phi) is 6.15. The molecule has 1 saturated heterocycles. The van der Waals surface area contributed by atoms with Gasteiger partial charge in [0.15, 0.2) is 24.3 Å². The molecule has 3 rings (SSSR count). The first kappa shape index (κ1) is 19.9. The number of rotatable bonds is 7. The number of hydrogen-bond acceptors (Lipinski definition) is 8. The van der Waals surface area contributed by atoms with E-state index in [1.807, 2.05) is 24.5 Å². The zero-order valence-electron chi connectivity index (χ0n) is 14.9. The minimum Gasteiger partial charge on any atom is -0.344 e. The standard InChI is InChI=1S/C16H21N3O3S4/c1-4-23-15-17-18-16(25-15)24-8-14(20)13-7-10(2)19(11(13)3)12-5-6-26(21,22)9-12/h7,12H,4-6,8-9H2,1-3H3. The maximum absolute atomic E-state index is 12.7. The number of aromatic nitrogens is 3. The molecule has 3 heterocycles. The first-order valence-corrected chi connectivity index (χ1v) is 12.9. The van der Waals surface area contributed by atoms with Crippen molar-refractivity contribution >= 4 is 50.5 Å². The van der Waals surface area contributed by atoms with Crippen LogP contribution in [-0.2, 0) is 9.84 Å². The molecular weight excluding hydrogens is 410 g/mol. The van der Waals surface area contributed by atoms with E-state index in [4.69, 9.17) is 0 Å². The summed E-state index contributed by atoms with van der Waals surface area (Å²) in [7, 11) is -2.96. The molecule has 2 aromatic rings. The number of sulfone groups is 1. The number of hydrogen-bond donors (Lipinski definition) is 0. The Hall–Kier alpha value is -0.840. The maximum atomic E-state index is 12.7. The van der Waals surface area contributed by atoms with Crippen LogP contribution in [0.4, 0.5) is 0 Å². The van der Waals surface area contributed by atoms with Crippen molar-refractivity contribution in [2.45, 2.75) is 41.9 Å². The van der Waals surface area contributed by atoms with E-state index in [1.54, 1.807) is 11.8 Å². The van der Waals surface area contributed by atoms with Gasteiger partial charge in [-0.2, -0.15) is 0 Å². The van der Waals surface area contributed by atoms with Gasteiger partial charge in [-0.05, 0) is 32.1 Å². The smallest absolute Gasteiger partial charge is 0.175 e. The Morgan fingerprint density at radius 2 is 2.00 bits per heavy atom. The van der Waals surface area contributed by atoms with Crippen molar-refractivity contribution in [3.05, 3.63) is 23.0 Å². The lowest BCUT2D eigenvalue weighted by Gasteiger charge is -2.16. The van der Waals surface area contributed by atoms with Gasteiger partial charge >= 0.3 is 0 Å². The second kappa shape index (κ2) is 8.04. The van der Waals surface area contributed by atoms with E-state index in [0.717, 1.165) is 25.8 Å². The third-order valence-corrected chi connectivity index (χ3v) is 9.16. The Balaban J connectivity index is 1.70. The maximum Gasteiger partial charge on any atom is 0.175 e. The molecule has 0 amide bonds. The molecule has 0 spiro atoms. The lowest BCUT2D eigenvalue weighted by Crippen LogP contribution is -2.14. The van der Waals surface area contributed by atoms with Gasteiger partial charge in [0.25, 0.3) is 0 Å². The number of ketones is 1. The van der Waals surface area contributed by atoms with Gasteiger partial charge in [0.1, 0.15) is 0 Å². The highest BCUT2D eigenvalue weighted by atomic mass is 32.2. The summed E-state index contributed by atoms with van der Waals surface area (Å²) in [6.07, 6.45) is 0.615. The van der Waals surface area contributed by atoms with E-state index in [9.17, 15) is 13.2 Å². The van der Waals surface area contributed by atoms with E-state index in [-0.39, 0.29) is 23.3 Å². The largest absolute Gasteiger partial charge is 0.344 e. The van der Waals surface area contributed by atoms with Crippen LogP contribution in [-0.4, -0.2) is 52.0 Å². The van der Waals surface area contributed by atoms with Crippen LogP contribution < -0.4 is 0 Å². The highest BCUT2D eigenvalue weighted by Crippen LogP contribution is 2.31. The molecule has 26 heavy (non-hydrogen) atoms. The summed E-state index contributed by atoms with van der Waals surface area (Å²) in [5.41, 5.74) is 2.47. The zero-order chi connectivity index (χ0) is 18.9. The summed E-state index contributed by atoms with van der Waals surface area (Å²) in [4.78, 5) is 12.7. The van der Waals surface area contributed by atoms with Gasteiger partial charge in [0.05, 0.1) is 17.3 Å². The number of thioether (sulfide) groups is 2. The van der Waals surface area contributed by atoms with Gasteiger partial charge < -0.3 is 4.57 Å². The molecule has 0 saturated carbocycles. The van der Waals surface area contributed by atoms with E-state index < -0.39 is 9.84 Å². The second-order valence-electron chi connectivity index (χ2n) is 6.19. The summed E-state index contributed by atoms with van der Waals surface area (Å²) in [6.45, 7) is 5.89. The molecule has 0 N–H and O–H groups in total. The molecule has 1 fully saturated rings. The molecule has 0 aliphatic carbocycles. The molecule has 6 nitrogen and oxygen atoms in total. The molecule has 1 unspecified atom stereocenters. The zero-order valence-corrected chi connectivity index (χ0v) is 18.2. The van der Waals surface area contributed by atoms with Gasteiger partial charge in [0.2, 0.25) is 0 Å². The first-order valence-electron chi connectivity index (χ1n) is 8.32. The summed E-state index contributed by atoms with van der Waals surface area (Å²) < 4.78 is 27.3. The molecule has 1 atom stereocenters. The number of carbonyl (C=O) groups is 1. The lowest BCUT2D eigenvalue weighted by atomic mass is 10.2. The molecular formula is C16H21N3O3S4. The summed E-state index contributed by atoms with van der Waals surface area (Å²) in [5, 5.41) is 8.21. The van der Waals surface area contributed by atoms with Gasteiger partial charge in [-0.3, -0.25) is 4.79 Å². The third-order valence-electron chi connectivity index (χ3n) is 4.34. The number of nitrogens with zero attached hydrogens (tertiary/aromatic N) is 3. The molecule has 0 aromatic carbocycles. The first-order chi connectivity index (χ1) is 12.3. The van der Waals surface area contributed by atoms with Gasteiger partial charge in [-0.1, -0.05) is 41.8 Å². The van der Waals surface area contributed by atoms with Crippen LogP contribution >= 0.6 is 34.9 Å². The van der Waals surface area contributed by atoms with E-state index in [1.165, 1.54) is 23.1 Å². The molecule has 10 heteroatoms. The average molecular weight is 432 g/mol. The highest BCUT2D eigenvalue weighted by Gasteiger charge is 2.31. The topological polar surface area (TPSA) is 81.9 Å². The molecule has 0 bridgehead atoms. The molecule has 0 radical (unpaired) electrons. The van der Waals surface area contributed by atoms with E-state index in [2.05, 4.69) is 17.1 Å². The molecule has 142 valence electrons. The SMILES string of the molecule is CCSc1nnc(SCC(=O)c2cc(C)n(C3CCS(=O)(=O)C3)c2C)s1. The van der Waals surface area contributed by atoms with Crippen LogP contribution in [0, 0.1) is 13.8 Å². The van der Waals surface area contributed by atoms with Crippen molar-refractivity contribution < 1.29 is 13.2 Å². The predicted molar refractivity (Wildman–Crippen MR) is 108 cm³/mol. The minimum atomic E-state index is -2.96. The number of Topliss-reactive ketones (excluding diaryl/α,β-unsaturated/α-hetero) is 1. The monoisotopic (exact) mass is 431 g/mol. The van der Waals surface area contributed by atoms with Gasteiger partial charge in [0, 0.05) is 23.0 Å².